The third-order valence-corrected chi connectivity index (χ3v) is 10.8. The fraction of sp³-hybridized carbons (Fsp3) is 0.667. The number of hydrogen-bond acceptors (Lipinski definition) is 9. The average molecular weight is 666 g/mol. The predicted molar refractivity (Wildman–Crippen MR) is 190 cm³/mol. The Morgan fingerprint density at radius 1 is 1.17 bits per heavy atom. The summed E-state index contributed by atoms with van der Waals surface area (Å²) in [6, 6.07) is 6.48. The maximum absolute atomic E-state index is 10.7. The third-order valence-electron chi connectivity index (χ3n) is 10.8. The van der Waals surface area contributed by atoms with Crippen molar-refractivity contribution in [3.8, 4) is 11.5 Å². The standard InChI is InChI=1S/C39H59N3O6/c1-4-5-11-37-28(23-44)20-29(48-37)15-12-26-13-17-36(46)38(19-26)47-24-35(40-3)34-21-31-32(42-34)16-14-27-8-6-9-30(27)39(31)33(10-7-18-43)41-22-25(2)45/h13,17,19-21,25,27,30,33,35,37,39-41,43-46H,4-12,14-16,18,22-24H2,1-3H3. The van der Waals surface area contributed by atoms with Gasteiger partial charge in [-0.15, -0.1) is 4.99 Å². The number of benzene rings is 1. The highest BCUT2D eigenvalue weighted by atomic mass is 16.5. The smallest absolute Gasteiger partial charge is 0.189 e. The molecule has 5 rings (SSSR count). The molecular weight excluding hydrogens is 606 g/mol. The van der Waals surface area contributed by atoms with Gasteiger partial charge in [-0.25, -0.2) is 0 Å². The lowest BCUT2D eigenvalue weighted by Gasteiger charge is -2.32. The first-order chi connectivity index (χ1) is 23.3. The molecule has 7 atom stereocenters. The van der Waals surface area contributed by atoms with Gasteiger partial charge in [0.15, 0.2) is 23.3 Å². The van der Waals surface area contributed by atoms with Crippen molar-refractivity contribution in [1.29, 1.82) is 0 Å². The Bertz CT molecular complexity index is 1260. The molecule has 7 unspecified atom stereocenters. The number of likely N-dealkylation sites (N-methyl/N-ethyl adjacent to an activating group) is 1. The number of aliphatic hydroxyl groups is 3. The summed E-state index contributed by atoms with van der Waals surface area (Å²) in [5, 5.41) is 47.4. The molecule has 0 radical (unpaired) electrons. The zero-order valence-electron chi connectivity index (χ0n) is 29.3. The molecule has 2 heterocycles. The Morgan fingerprint density at radius 3 is 2.77 bits per heavy atom. The molecule has 0 spiro atoms. The summed E-state index contributed by atoms with van der Waals surface area (Å²) >= 11 is 0. The van der Waals surface area contributed by atoms with Crippen molar-refractivity contribution in [3.05, 3.63) is 59.2 Å². The molecule has 2 saturated carbocycles. The molecule has 48 heavy (non-hydrogen) atoms. The number of rotatable bonds is 19. The van der Waals surface area contributed by atoms with Crippen LogP contribution in [0.25, 0.3) is 0 Å². The van der Waals surface area contributed by atoms with Gasteiger partial charge in [-0.05, 0) is 82.0 Å². The molecule has 0 aromatic heterocycles. The van der Waals surface area contributed by atoms with E-state index in [9.17, 15) is 20.4 Å². The average Bonchev–Trinajstić information content (AvgIpc) is 3.81. The maximum atomic E-state index is 10.7. The first-order valence-electron chi connectivity index (χ1n) is 18.5. The molecule has 266 valence electrons. The molecule has 0 amide bonds. The zero-order chi connectivity index (χ0) is 34.0. The van der Waals surface area contributed by atoms with Crippen LogP contribution in [0.4, 0.5) is 0 Å². The van der Waals surface area contributed by atoms with Crippen LogP contribution >= 0.6 is 0 Å². The van der Waals surface area contributed by atoms with Crippen LogP contribution < -0.4 is 15.4 Å². The SMILES string of the molecule is CCCCC1OC(CCc2ccc(O)c(OCC(NC)[C+]3C=C4C(=N3)CCC3CCCC3C4C(CCCO)NCC(C)O)c2)=C[C-]1CO. The van der Waals surface area contributed by atoms with Gasteiger partial charge in [-0.2, -0.15) is 12.0 Å². The molecule has 0 saturated heterocycles. The number of phenols is 1. The summed E-state index contributed by atoms with van der Waals surface area (Å²) < 4.78 is 12.4. The second-order valence-electron chi connectivity index (χ2n) is 14.3. The summed E-state index contributed by atoms with van der Waals surface area (Å²) in [5.74, 6) is 3.94. The van der Waals surface area contributed by atoms with Crippen LogP contribution in [0.3, 0.4) is 0 Å². The molecule has 1 aromatic rings. The molecule has 9 heteroatoms. The number of hydrogen-bond donors (Lipinski definition) is 6. The molecule has 0 bridgehead atoms. The molecule has 9 nitrogen and oxygen atoms in total. The minimum absolute atomic E-state index is 0.0227. The summed E-state index contributed by atoms with van der Waals surface area (Å²) in [6.07, 6.45) is 15.8. The quantitative estimate of drug-likeness (QED) is 0.111. The summed E-state index contributed by atoms with van der Waals surface area (Å²) in [5.41, 5.74) is 3.53. The van der Waals surface area contributed by atoms with Gasteiger partial charge in [-0.1, -0.05) is 50.9 Å². The summed E-state index contributed by atoms with van der Waals surface area (Å²) in [4.78, 5) is 5.21. The summed E-state index contributed by atoms with van der Waals surface area (Å²) in [7, 11) is 1.92. The number of aliphatic hydroxyl groups excluding tert-OH is 3. The van der Waals surface area contributed by atoms with Crippen molar-refractivity contribution in [1.82, 2.24) is 10.6 Å². The minimum Gasteiger partial charge on any atom is -0.592 e. The van der Waals surface area contributed by atoms with Crippen molar-refractivity contribution < 1.29 is 29.9 Å². The second kappa shape index (κ2) is 17.8. The number of aliphatic imine (C=N–C) groups is 1. The molecular formula is C39H59N3O6. The van der Waals surface area contributed by atoms with Crippen molar-refractivity contribution >= 4 is 5.71 Å². The lowest BCUT2D eigenvalue weighted by molar-refractivity contribution is 0.123. The normalized spacial score (nSPS) is 25.4. The number of nitrogens with one attached hydrogen (secondary N) is 2. The Kier molecular flexibility index (Phi) is 13.6. The van der Waals surface area contributed by atoms with E-state index in [1.807, 2.05) is 32.2 Å². The van der Waals surface area contributed by atoms with Crippen LogP contribution in [0.2, 0.25) is 0 Å². The molecule has 6 N–H and O–H groups in total. The fourth-order valence-electron chi connectivity index (χ4n) is 8.26. The van der Waals surface area contributed by atoms with E-state index in [-0.39, 0.29) is 43.1 Å². The number of nitrogens with zero attached hydrogens (tertiary/aromatic N) is 1. The zero-order valence-corrected chi connectivity index (χ0v) is 29.3. The van der Waals surface area contributed by atoms with Gasteiger partial charge < -0.3 is 35.2 Å². The van der Waals surface area contributed by atoms with E-state index < -0.39 is 6.10 Å². The highest BCUT2D eigenvalue weighted by molar-refractivity contribution is 6.04. The van der Waals surface area contributed by atoms with E-state index in [1.54, 1.807) is 6.07 Å². The van der Waals surface area contributed by atoms with E-state index in [1.165, 1.54) is 30.5 Å². The van der Waals surface area contributed by atoms with Crippen LogP contribution in [-0.2, 0) is 11.2 Å². The second-order valence-corrected chi connectivity index (χ2v) is 14.3. The lowest BCUT2D eigenvalue weighted by atomic mass is 9.74. The van der Waals surface area contributed by atoms with Gasteiger partial charge in [-0.3, -0.25) is 5.32 Å². The third kappa shape index (κ3) is 9.10. The first kappa shape index (κ1) is 36.6. The molecule has 2 aliphatic carbocycles. The van der Waals surface area contributed by atoms with Crippen molar-refractivity contribution in [2.75, 3.05) is 33.4 Å². The van der Waals surface area contributed by atoms with Crippen LogP contribution in [0.1, 0.15) is 90.0 Å². The van der Waals surface area contributed by atoms with Crippen molar-refractivity contribution in [3.63, 3.8) is 0 Å². The topological polar surface area (TPSA) is 136 Å². The number of unbranched alkanes of at least 4 members (excludes halogenated alkanes) is 1. The van der Waals surface area contributed by atoms with Crippen molar-refractivity contribution in [2.45, 2.75) is 115 Å². The van der Waals surface area contributed by atoms with Crippen LogP contribution in [0.15, 0.2) is 46.7 Å². The predicted octanol–water partition coefficient (Wildman–Crippen LogP) is 5.18. The van der Waals surface area contributed by atoms with Crippen LogP contribution in [0.5, 0.6) is 11.5 Å². The number of ether oxygens (including phenoxy) is 2. The Balaban J connectivity index is 1.26. The van der Waals surface area contributed by atoms with E-state index in [2.05, 4.69) is 23.6 Å². The maximum Gasteiger partial charge on any atom is 0.189 e. The number of phenolic OH excluding ortho intramolecular Hbond substituents is 1. The van der Waals surface area contributed by atoms with E-state index in [4.69, 9.17) is 14.5 Å². The van der Waals surface area contributed by atoms with Gasteiger partial charge in [0.25, 0.3) is 0 Å². The van der Waals surface area contributed by atoms with Gasteiger partial charge in [0, 0.05) is 38.3 Å². The number of allylic oxidation sites excluding steroid dienone is 1. The van der Waals surface area contributed by atoms with Gasteiger partial charge in [0.2, 0.25) is 0 Å². The largest absolute Gasteiger partial charge is 0.592 e. The Hall–Kier alpha value is -2.69. The Labute approximate surface area is 287 Å². The lowest BCUT2D eigenvalue weighted by Crippen LogP contribution is -2.44. The number of fused-ring (bicyclic) bond motifs is 2. The number of aromatic hydroxyl groups is 1. The summed E-state index contributed by atoms with van der Waals surface area (Å²) in [6.45, 7) is 5.00. The van der Waals surface area contributed by atoms with E-state index in [0.717, 1.165) is 74.6 Å². The van der Waals surface area contributed by atoms with Gasteiger partial charge in [0.1, 0.15) is 18.2 Å². The highest BCUT2D eigenvalue weighted by Gasteiger charge is 2.50. The fourth-order valence-corrected chi connectivity index (χ4v) is 8.26. The molecule has 1 aromatic carbocycles. The van der Waals surface area contributed by atoms with Crippen LogP contribution in [-0.4, -0.2) is 83.8 Å². The van der Waals surface area contributed by atoms with Gasteiger partial charge >= 0.3 is 0 Å². The van der Waals surface area contributed by atoms with E-state index >= 15 is 0 Å². The molecule has 2 aliphatic heterocycles. The van der Waals surface area contributed by atoms with Gasteiger partial charge in [0.05, 0.1) is 18.1 Å². The van der Waals surface area contributed by atoms with Crippen molar-refractivity contribution in [2.24, 2.45) is 22.7 Å². The minimum atomic E-state index is -0.436. The molecule has 4 aliphatic rings. The van der Waals surface area contributed by atoms with E-state index in [0.29, 0.717) is 37.2 Å². The highest BCUT2D eigenvalue weighted by Crippen LogP contribution is 2.49. The van der Waals surface area contributed by atoms with Crippen LogP contribution in [0, 0.1) is 29.7 Å². The monoisotopic (exact) mass is 665 g/mol. The Morgan fingerprint density at radius 2 is 2.02 bits per heavy atom. The molecule has 2 fully saturated rings. The number of aryl methyl sites for hydroxylation is 1. The first-order valence-corrected chi connectivity index (χ1v) is 18.5.